The van der Waals surface area contributed by atoms with Crippen molar-refractivity contribution in [3.63, 3.8) is 0 Å². The number of esters is 2. The van der Waals surface area contributed by atoms with Gasteiger partial charge in [-0.3, -0.25) is 4.79 Å². The lowest BCUT2D eigenvalue weighted by molar-refractivity contribution is -0.141. The molecule has 0 bridgehead atoms. The van der Waals surface area contributed by atoms with Crippen LogP contribution in [-0.4, -0.2) is 38.4 Å². The summed E-state index contributed by atoms with van der Waals surface area (Å²) < 4.78 is 29.4. The molecule has 0 saturated carbocycles. The van der Waals surface area contributed by atoms with Gasteiger partial charge >= 0.3 is 11.9 Å². The third-order valence-corrected chi connectivity index (χ3v) is 8.01. The summed E-state index contributed by atoms with van der Waals surface area (Å²) in [5.74, 6) is 1.02. The monoisotopic (exact) mass is 616 g/mol. The van der Waals surface area contributed by atoms with Gasteiger partial charge in [-0.15, -0.1) is 0 Å². The average molecular weight is 617 g/mol. The second-order valence-corrected chi connectivity index (χ2v) is 11.2. The first-order chi connectivity index (χ1) is 22.6. The van der Waals surface area contributed by atoms with E-state index in [9.17, 15) is 9.59 Å². The molecule has 234 valence electrons. The zero-order valence-electron chi connectivity index (χ0n) is 25.6. The number of carbonyl (C=O) groups excluding carboxylic acids is 2. The predicted molar refractivity (Wildman–Crippen MR) is 179 cm³/mol. The van der Waals surface area contributed by atoms with Gasteiger partial charge in [0.05, 0.1) is 13.2 Å². The summed E-state index contributed by atoms with van der Waals surface area (Å²) >= 11 is 0. The van der Waals surface area contributed by atoms with Gasteiger partial charge in [0.2, 0.25) is 0 Å². The molecule has 5 aromatic carbocycles. The molecule has 0 unspecified atom stereocenters. The van der Waals surface area contributed by atoms with Crippen molar-refractivity contribution in [2.75, 3.05) is 26.4 Å². The molecule has 0 aliphatic carbocycles. The maximum atomic E-state index is 13.4. The average Bonchev–Trinajstić information content (AvgIpc) is 3.17. The van der Waals surface area contributed by atoms with Crippen LogP contribution in [0.3, 0.4) is 0 Å². The third kappa shape index (κ3) is 7.15. The molecular weight excluding hydrogens is 580 g/mol. The van der Waals surface area contributed by atoms with Gasteiger partial charge in [-0.1, -0.05) is 67.2 Å². The second-order valence-electron chi connectivity index (χ2n) is 11.2. The molecule has 0 amide bonds. The first-order valence-electron chi connectivity index (χ1n) is 15.6. The number of carbonyl (C=O) groups is 2. The van der Waals surface area contributed by atoms with Crippen LogP contribution in [0.25, 0.3) is 32.7 Å². The quantitative estimate of drug-likeness (QED) is 0.0639. The van der Waals surface area contributed by atoms with Crippen LogP contribution in [0.1, 0.15) is 25.7 Å². The number of rotatable bonds is 11. The van der Waals surface area contributed by atoms with E-state index < -0.39 is 17.9 Å². The van der Waals surface area contributed by atoms with Crippen molar-refractivity contribution >= 4 is 33.5 Å². The Morgan fingerprint density at radius 3 is 1.80 bits per heavy atom. The normalized spacial score (nSPS) is 12.8. The van der Waals surface area contributed by atoms with Crippen molar-refractivity contribution in [2.24, 2.45) is 5.92 Å². The van der Waals surface area contributed by atoms with Crippen molar-refractivity contribution in [3.8, 4) is 34.1 Å². The molecule has 7 nitrogen and oxygen atoms in total. The maximum Gasteiger partial charge on any atom is 0.330 e. The maximum absolute atomic E-state index is 13.4. The Morgan fingerprint density at radius 1 is 0.674 bits per heavy atom. The van der Waals surface area contributed by atoms with Crippen LogP contribution in [0.5, 0.6) is 23.0 Å². The zero-order valence-corrected chi connectivity index (χ0v) is 25.6. The van der Waals surface area contributed by atoms with Crippen LogP contribution < -0.4 is 18.9 Å². The molecule has 0 radical (unpaired) electrons. The fourth-order valence-electron chi connectivity index (χ4n) is 5.61. The lowest BCUT2D eigenvalue weighted by Crippen LogP contribution is -2.31. The van der Waals surface area contributed by atoms with Crippen molar-refractivity contribution in [2.45, 2.75) is 25.7 Å². The minimum Gasteiger partial charge on any atom is -0.494 e. The smallest absolute Gasteiger partial charge is 0.330 e. The molecule has 0 N–H and O–H groups in total. The number of unbranched alkanes of at least 4 members (excludes halogenated alkanes) is 3. The number of hydrogen-bond acceptors (Lipinski definition) is 7. The van der Waals surface area contributed by atoms with Gasteiger partial charge in [0.15, 0.2) is 0 Å². The van der Waals surface area contributed by atoms with Crippen molar-refractivity contribution < 1.29 is 33.3 Å². The van der Waals surface area contributed by atoms with Crippen LogP contribution in [0, 0.1) is 5.92 Å². The van der Waals surface area contributed by atoms with Crippen molar-refractivity contribution in [1.82, 2.24) is 0 Å². The highest BCUT2D eigenvalue weighted by Gasteiger charge is 2.28. The Labute approximate surface area is 268 Å². The molecule has 7 heteroatoms. The molecule has 5 aromatic rings. The topological polar surface area (TPSA) is 80.3 Å². The summed E-state index contributed by atoms with van der Waals surface area (Å²) in [5.41, 5.74) is 1.90. The van der Waals surface area contributed by atoms with E-state index in [1.807, 2.05) is 48.5 Å². The van der Waals surface area contributed by atoms with E-state index in [0.717, 1.165) is 58.4 Å². The molecule has 1 aliphatic rings. The van der Waals surface area contributed by atoms with Gasteiger partial charge in [0.25, 0.3) is 0 Å². The summed E-state index contributed by atoms with van der Waals surface area (Å²) in [6.45, 7) is 4.56. The fraction of sp³-hybridized carbons (Fsp3) is 0.231. The molecule has 0 atom stereocenters. The van der Waals surface area contributed by atoms with Crippen molar-refractivity contribution in [3.05, 3.63) is 110 Å². The van der Waals surface area contributed by atoms with Gasteiger partial charge in [0.1, 0.15) is 42.1 Å². The third-order valence-electron chi connectivity index (χ3n) is 8.01. The number of hydrogen-bond donors (Lipinski definition) is 0. The largest absolute Gasteiger partial charge is 0.494 e. The van der Waals surface area contributed by atoms with Gasteiger partial charge in [-0.05, 0) is 83.6 Å². The highest BCUT2D eigenvalue weighted by Crippen LogP contribution is 2.46. The highest BCUT2D eigenvalue weighted by molar-refractivity contribution is 6.09. The van der Waals surface area contributed by atoms with E-state index in [1.165, 1.54) is 6.08 Å². The Morgan fingerprint density at radius 2 is 1.22 bits per heavy atom. The molecule has 46 heavy (non-hydrogen) atoms. The number of benzene rings is 5. The van der Waals surface area contributed by atoms with Crippen LogP contribution in [0.4, 0.5) is 0 Å². The first-order valence-corrected chi connectivity index (χ1v) is 15.6. The van der Waals surface area contributed by atoms with Crippen LogP contribution >= 0.6 is 0 Å². The van der Waals surface area contributed by atoms with Crippen molar-refractivity contribution in [1.29, 1.82) is 0 Å². The van der Waals surface area contributed by atoms with Gasteiger partial charge in [0, 0.05) is 17.2 Å². The Balaban J connectivity index is 1.11. The minimum atomic E-state index is -0.659. The Hall–Kier alpha value is -5.30. The molecule has 0 spiro atoms. The summed E-state index contributed by atoms with van der Waals surface area (Å²) in [6.07, 6.45) is 4.77. The first kappa shape index (κ1) is 30.7. The number of ether oxygens (including phenoxy) is 5. The highest BCUT2D eigenvalue weighted by atomic mass is 16.5. The van der Waals surface area contributed by atoms with Gasteiger partial charge < -0.3 is 23.7 Å². The molecule has 1 heterocycles. The molecule has 0 saturated heterocycles. The van der Waals surface area contributed by atoms with Crippen LogP contribution in [-0.2, 0) is 14.3 Å². The molecule has 6 rings (SSSR count). The predicted octanol–water partition coefficient (Wildman–Crippen LogP) is 8.32. The molecule has 0 aromatic heterocycles. The van der Waals surface area contributed by atoms with Gasteiger partial charge in [-0.25, -0.2) is 4.79 Å². The summed E-state index contributed by atoms with van der Waals surface area (Å²) in [5, 5.41) is 4.29. The second kappa shape index (κ2) is 14.7. The van der Waals surface area contributed by atoms with E-state index in [1.54, 1.807) is 24.3 Å². The Bertz CT molecular complexity index is 1750. The van der Waals surface area contributed by atoms with Crippen LogP contribution in [0.2, 0.25) is 0 Å². The van der Waals surface area contributed by atoms with E-state index in [-0.39, 0.29) is 13.2 Å². The standard InChI is InChI=1S/C39H36O7/c1-2-36(40)43-24-10-4-3-9-23-42-30-17-19-31(20-18-30)46-39(41)29-25-44-34-21-15-27-11-5-7-13-32(27)37(34)38-33-14-8-6-12-28(33)16-22-35(38)45-26-29/h2,5-8,11-22,29H,1,3-4,9-10,23-26H2. The Kier molecular flexibility index (Phi) is 9.78. The summed E-state index contributed by atoms with van der Waals surface area (Å²) in [6, 6.07) is 31.5. The van der Waals surface area contributed by atoms with E-state index >= 15 is 0 Å². The van der Waals surface area contributed by atoms with Gasteiger partial charge in [-0.2, -0.15) is 0 Å². The SMILES string of the molecule is C=CC(=O)OCCCCCCOc1ccc(OC(=O)C2COc3ccc4ccccc4c3-c3c(ccc4ccccc34)OC2)cc1. The van der Waals surface area contributed by atoms with E-state index in [4.69, 9.17) is 23.7 Å². The molecular formula is C39H36O7. The molecule has 1 aliphatic heterocycles. The summed E-state index contributed by atoms with van der Waals surface area (Å²) in [7, 11) is 0. The minimum absolute atomic E-state index is 0.105. The lowest BCUT2D eigenvalue weighted by Gasteiger charge is -2.17. The fourth-order valence-corrected chi connectivity index (χ4v) is 5.61. The number of fused-ring (bicyclic) bond motifs is 7. The lowest BCUT2D eigenvalue weighted by atomic mass is 9.92. The zero-order chi connectivity index (χ0) is 31.7. The van der Waals surface area contributed by atoms with Crippen LogP contribution in [0.15, 0.2) is 110 Å². The van der Waals surface area contributed by atoms with E-state index in [2.05, 4.69) is 30.8 Å². The van der Waals surface area contributed by atoms with E-state index in [0.29, 0.717) is 36.2 Å². The summed E-state index contributed by atoms with van der Waals surface area (Å²) in [4.78, 5) is 24.5. The molecule has 0 fully saturated rings.